The van der Waals surface area contributed by atoms with Gasteiger partial charge in [0.2, 0.25) is 0 Å². The summed E-state index contributed by atoms with van der Waals surface area (Å²) in [6, 6.07) is 4.91. The Balaban J connectivity index is 2.11. The van der Waals surface area contributed by atoms with Crippen LogP contribution >= 0.6 is 0 Å². The second-order valence-electron chi connectivity index (χ2n) is 4.59. The van der Waals surface area contributed by atoms with E-state index in [1.807, 2.05) is 0 Å². The highest BCUT2D eigenvalue weighted by Crippen LogP contribution is 2.14. The molecule has 0 aliphatic carbocycles. The summed E-state index contributed by atoms with van der Waals surface area (Å²) in [7, 11) is 1.75. The van der Waals surface area contributed by atoms with Crippen LogP contribution in [0.1, 0.15) is 10.4 Å². The first kappa shape index (κ1) is 14.8. The number of benzene rings is 1. The van der Waals surface area contributed by atoms with Crippen molar-refractivity contribution in [2.45, 2.75) is 6.43 Å². The van der Waals surface area contributed by atoms with Crippen molar-refractivity contribution in [3.05, 3.63) is 23.8 Å². The normalized spacial score (nSPS) is 15.4. The van der Waals surface area contributed by atoms with Crippen molar-refractivity contribution in [2.24, 2.45) is 0 Å². The number of alkyl halides is 2. The molecule has 108 valence electrons. The highest BCUT2D eigenvalue weighted by Gasteiger charge is 2.19. The Morgan fingerprint density at radius 1 is 1.40 bits per heavy atom. The van der Waals surface area contributed by atoms with Gasteiger partial charge in [-0.25, -0.2) is 8.78 Å². The first-order valence-corrected chi connectivity index (χ1v) is 6.46. The Labute approximate surface area is 117 Å². The molecule has 1 aliphatic heterocycles. The van der Waals surface area contributed by atoms with Crippen molar-refractivity contribution in [2.75, 3.05) is 32.9 Å². The maximum absolute atomic E-state index is 12.3. The molecule has 1 amide bonds. The van der Waals surface area contributed by atoms with Gasteiger partial charge in [-0.15, -0.1) is 0 Å². The minimum atomic E-state index is -2.53. The molecule has 1 aromatic rings. The van der Waals surface area contributed by atoms with E-state index in [4.69, 9.17) is 9.47 Å². The molecule has 2 rings (SSSR count). The van der Waals surface area contributed by atoms with Crippen LogP contribution in [0.4, 0.5) is 8.78 Å². The molecule has 1 aliphatic rings. The monoisotopic (exact) mass is 283 g/mol. The zero-order chi connectivity index (χ0) is 14.5. The van der Waals surface area contributed by atoms with Gasteiger partial charge in [-0.3, -0.25) is 4.79 Å². The Morgan fingerprint density at radius 2 is 2.10 bits per heavy atom. The molecule has 0 radical (unpaired) electrons. The van der Waals surface area contributed by atoms with E-state index in [0.29, 0.717) is 37.6 Å². The third kappa shape index (κ3) is 3.69. The molecular weight excluding hydrogens is 267 g/mol. The largest absolute Gasteiger partial charge is 0.488 e. The average Bonchev–Trinajstić information content (AvgIpc) is 2.46. The third-order valence-electron chi connectivity index (χ3n) is 3.10. The number of nitrogens with zero attached hydrogens (tertiary/aromatic N) is 1. The van der Waals surface area contributed by atoms with Gasteiger partial charge < -0.3 is 14.4 Å². The van der Waals surface area contributed by atoms with Crippen LogP contribution in [0.2, 0.25) is 0 Å². The maximum atomic E-state index is 12.3. The molecule has 0 atom stereocenters. The van der Waals surface area contributed by atoms with Gasteiger partial charge in [0.25, 0.3) is 12.3 Å². The quantitative estimate of drug-likeness (QED) is 0.734. The predicted octanol–water partition coefficient (Wildman–Crippen LogP) is 0.0613. The standard InChI is InChI=1S/C13H16BF2NO3/c14-10-2-1-9(7-11(10)20-8-12(15)16)13(18)17-3-5-19-6-4-17/h1-2,7,12H,3-6,8,14H2. The smallest absolute Gasteiger partial charge is 0.272 e. The number of rotatable bonds is 4. The molecule has 1 saturated heterocycles. The van der Waals surface area contributed by atoms with Crippen molar-refractivity contribution in [3.63, 3.8) is 0 Å². The molecule has 0 N–H and O–H groups in total. The Hall–Kier alpha value is -1.63. The Kier molecular flexibility index (Phi) is 4.95. The lowest BCUT2D eigenvalue weighted by Crippen LogP contribution is -2.40. The number of halogens is 2. The lowest BCUT2D eigenvalue weighted by Gasteiger charge is -2.27. The lowest BCUT2D eigenvalue weighted by atomic mass is 9.93. The molecule has 1 aromatic carbocycles. The molecule has 0 bridgehead atoms. The van der Waals surface area contributed by atoms with E-state index in [1.165, 1.54) is 6.07 Å². The summed E-state index contributed by atoms with van der Waals surface area (Å²) in [6.45, 7) is 1.45. The van der Waals surface area contributed by atoms with Crippen molar-refractivity contribution < 1.29 is 23.0 Å². The minimum Gasteiger partial charge on any atom is -0.488 e. The Morgan fingerprint density at radius 3 is 2.75 bits per heavy atom. The van der Waals surface area contributed by atoms with E-state index in [9.17, 15) is 13.6 Å². The van der Waals surface area contributed by atoms with E-state index in [2.05, 4.69) is 0 Å². The van der Waals surface area contributed by atoms with Crippen LogP contribution in [-0.4, -0.2) is 58.0 Å². The van der Waals surface area contributed by atoms with Gasteiger partial charge in [-0.2, -0.15) is 0 Å². The topological polar surface area (TPSA) is 38.8 Å². The molecule has 20 heavy (non-hydrogen) atoms. The second kappa shape index (κ2) is 6.70. The van der Waals surface area contributed by atoms with Gasteiger partial charge in [-0.05, 0) is 17.6 Å². The van der Waals surface area contributed by atoms with E-state index in [-0.39, 0.29) is 5.91 Å². The van der Waals surface area contributed by atoms with E-state index in [0.717, 1.165) is 5.46 Å². The average molecular weight is 283 g/mol. The number of carbonyl (C=O) groups excluding carboxylic acids is 1. The third-order valence-corrected chi connectivity index (χ3v) is 3.10. The van der Waals surface area contributed by atoms with Gasteiger partial charge >= 0.3 is 0 Å². The van der Waals surface area contributed by atoms with Crippen molar-refractivity contribution in [1.82, 2.24) is 4.90 Å². The summed E-state index contributed by atoms with van der Waals surface area (Å²) >= 11 is 0. The molecule has 1 fully saturated rings. The van der Waals surface area contributed by atoms with Crippen molar-refractivity contribution >= 4 is 19.2 Å². The van der Waals surface area contributed by atoms with Gasteiger partial charge in [0.15, 0.2) is 0 Å². The van der Waals surface area contributed by atoms with Gasteiger partial charge in [0, 0.05) is 18.7 Å². The number of hydrogen-bond donors (Lipinski definition) is 0. The fraction of sp³-hybridized carbons (Fsp3) is 0.462. The van der Waals surface area contributed by atoms with Crippen molar-refractivity contribution in [1.29, 1.82) is 0 Å². The predicted molar refractivity (Wildman–Crippen MR) is 72.8 cm³/mol. The highest BCUT2D eigenvalue weighted by atomic mass is 19.3. The summed E-state index contributed by atoms with van der Waals surface area (Å²) in [5, 5.41) is 0. The molecular formula is C13H16BF2NO3. The Bertz CT molecular complexity index is 479. The van der Waals surface area contributed by atoms with Gasteiger partial charge in [0.05, 0.1) is 13.2 Å². The first-order valence-electron chi connectivity index (χ1n) is 6.46. The van der Waals surface area contributed by atoms with E-state index >= 15 is 0 Å². The van der Waals surface area contributed by atoms with Crippen LogP contribution in [-0.2, 0) is 4.74 Å². The summed E-state index contributed by atoms with van der Waals surface area (Å²) in [5.74, 6) is 0.194. The zero-order valence-electron chi connectivity index (χ0n) is 11.3. The number of ether oxygens (including phenoxy) is 2. The van der Waals surface area contributed by atoms with Crippen LogP contribution < -0.4 is 10.2 Å². The van der Waals surface area contributed by atoms with Crippen molar-refractivity contribution in [3.8, 4) is 5.75 Å². The van der Waals surface area contributed by atoms with Gasteiger partial charge in [0.1, 0.15) is 20.2 Å². The lowest BCUT2D eigenvalue weighted by molar-refractivity contribution is 0.0302. The zero-order valence-corrected chi connectivity index (χ0v) is 11.3. The van der Waals surface area contributed by atoms with Crippen LogP contribution in [0, 0.1) is 0 Å². The van der Waals surface area contributed by atoms with E-state index in [1.54, 1.807) is 24.9 Å². The fourth-order valence-corrected chi connectivity index (χ4v) is 1.99. The number of hydrogen-bond acceptors (Lipinski definition) is 3. The molecule has 4 nitrogen and oxygen atoms in total. The molecule has 0 spiro atoms. The summed E-state index contributed by atoms with van der Waals surface area (Å²) in [5.41, 5.74) is 1.17. The van der Waals surface area contributed by atoms with E-state index < -0.39 is 13.0 Å². The molecule has 0 aromatic heterocycles. The number of carbonyl (C=O) groups is 1. The summed E-state index contributed by atoms with van der Waals surface area (Å²) in [6.07, 6.45) is -2.53. The summed E-state index contributed by atoms with van der Waals surface area (Å²) in [4.78, 5) is 14.0. The maximum Gasteiger partial charge on any atom is 0.272 e. The minimum absolute atomic E-state index is 0.129. The highest BCUT2D eigenvalue weighted by molar-refractivity contribution is 6.34. The van der Waals surface area contributed by atoms with Crippen LogP contribution in [0.25, 0.3) is 0 Å². The van der Waals surface area contributed by atoms with Crippen LogP contribution in [0.15, 0.2) is 18.2 Å². The molecule has 7 heteroatoms. The first-order chi connectivity index (χ1) is 9.58. The SMILES string of the molecule is Bc1ccc(C(=O)N2CCOCC2)cc1OCC(F)F. The number of morpholine rings is 1. The van der Waals surface area contributed by atoms with Crippen LogP contribution in [0.3, 0.4) is 0 Å². The number of amides is 1. The van der Waals surface area contributed by atoms with Gasteiger partial charge in [-0.1, -0.05) is 6.07 Å². The second-order valence-corrected chi connectivity index (χ2v) is 4.59. The fourth-order valence-electron chi connectivity index (χ4n) is 1.99. The molecule has 1 heterocycles. The summed E-state index contributed by atoms with van der Waals surface area (Å²) < 4.78 is 34.6. The molecule has 0 saturated carbocycles. The van der Waals surface area contributed by atoms with Crippen LogP contribution in [0.5, 0.6) is 5.75 Å². The molecule has 0 unspecified atom stereocenters.